The van der Waals surface area contributed by atoms with Gasteiger partial charge in [0, 0.05) is 12.1 Å². The van der Waals surface area contributed by atoms with Crippen LogP contribution in [0.15, 0.2) is 12.2 Å². The van der Waals surface area contributed by atoms with Crippen LogP contribution in [0.2, 0.25) is 0 Å². The Morgan fingerprint density at radius 3 is 2.53 bits per heavy atom. The molecular formula is C16H27N. The zero-order chi connectivity index (χ0) is 12.1. The van der Waals surface area contributed by atoms with Gasteiger partial charge >= 0.3 is 0 Å². The van der Waals surface area contributed by atoms with Crippen LogP contribution in [0.1, 0.15) is 59.3 Å². The lowest BCUT2D eigenvalue weighted by Crippen LogP contribution is -2.53. The molecule has 1 heteroatoms. The molecule has 4 atom stereocenters. The summed E-state index contributed by atoms with van der Waals surface area (Å²) in [5.41, 5.74) is 1.09. The highest BCUT2D eigenvalue weighted by molar-refractivity contribution is 5.13. The van der Waals surface area contributed by atoms with E-state index in [1.54, 1.807) is 0 Å². The lowest BCUT2D eigenvalue weighted by molar-refractivity contribution is 0.0968. The van der Waals surface area contributed by atoms with Crippen molar-refractivity contribution in [1.29, 1.82) is 0 Å². The van der Waals surface area contributed by atoms with E-state index in [-0.39, 0.29) is 0 Å². The zero-order valence-corrected chi connectivity index (χ0v) is 11.6. The van der Waals surface area contributed by atoms with Crippen LogP contribution in [0.5, 0.6) is 0 Å². The molecule has 0 aromatic rings. The minimum absolute atomic E-state index is 0.508. The fourth-order valence-corrected chi connectivity index (χ4v) is 4.90. The molecule has 0 saturated heterocycles. The fourth-order valence-electron chi connectivity index (χ4n) is 4.90. The molecule has 0 spiro atoms. The SMILES string of the molecule is CC1(C)C(NC2CC=CCC2)[C@]2(C)CC[C@H]1C2. The van der Waals surface area contributed by atoms with Crippen LogP contribution in [-0.2, 0) is 0 Å². The second-order valence-electron chi connectivity index (χ2n) is 7.50. The molecule has 3 aliphatic rings. The molecule has 0 aliphatic heterocycles. The highest BCUT2D eigenvalue weighted by Crippen LogP contribution is 2.62. The lowest BCUT2D eigenvalue weighted by atomic mass is 9.68. The molecule has 0 aromatic heterocycles. The normalized spacial score (nSPS) is 47.6. The first-order chi connectivity index (χ1) is 8.02. The van der Waals surface area contributed by atoms with Crippen molar-refractivity contribution in [2.24, 2.45) is 16.7 Å². The molecule has 1 N–H and O–H groups in total. The van der Waals surface area contributed by atoms with Crippen LogP contribution in [0, 0.1) is 16.7 Å². The summed E-state index contributed by atoms with van der Waals surface area (Å²) in [5.74, 6) is 0.962. The molecule has 96 valence electrons. The monoisotopic (exact) mass is 233 g/mol. The molecule has 2 saturated carbocycles. The van der Waals surface area contributed by atoms with Gasteiger partial charge in [0.15, 0.2) is 0 Å². The van der Waals surface area contributed by atoms with Gasteiger partial charge in [-0.3, -0.25) is 0 Å². The van der Waals surface area contributed by atoms with Gasteiger partial charge in [0.25, 0.3) is 0 Å². The van der Waals surface area contributed by atoms with Gasteiger partial charge in [-0.25, -0.2) is 0 Å². The summed E-state index contributed by atoms with van der Waals surface area (Å²) < 4.78 is 0. The first-order valence-corrected chi connectivity index (χ1v) is 7.43. The highest BCUT2D eigenvalue weighted by Gasteiger charge is 2.59. The Morgan fingerprint density at radius 2 is 1.94 bits per heavy atom. The molecular weight excluding hydrogens is 206 g/mol. The topological polar surface area (TPSA) is 12.0 Å². The largest absolute Gasteiger partial charge is 0.310 e. The van der Waals surface area contributed by atoms with Crippen molar-refractivity contribution in [2.75, 3.05) is 0 Å². The van der Waals surface area contributed by atoms with Crippen LogP contribution in [0.25, 0.3) is 0 Å². The summed E-state index contributed by atoms with van der Waals surface area (Å²) in [6, 6.07) is 1.48. The summed E-state index contributed by atoms with van der Waals surface area (Å²) in [7, 11) is 0. The molecule has 0 amide bonds. The van der Waals surface area contributed by atoms with Gasteiger partial charge in [-0.15, -0.1) is 0 Å². The van der Waals surface area contributed by atoms with Gasteiger partial charge in [0.2, 0.25) is 0 Å². The van der Waals surface area contributed by atoms with Crippen molar-refractivity contribution in [2.45, 2.75) is 71.4 Å². The molecule has 2 bridgehead atoms. The minimum Gasteiger partial charge on any atom is -0.310 e. The number of nitrogens with one attached hydrogen (secondary N) is 1. The predicted octanol–water partition coefficient (Wildman–Crippen LogP) is 3.90. The summed E-state index contributed by atoms with van der Waals surface area (Å²) in [6.45, 7) is 7.52. The van der Waals surface area contributed by atoms with Crippen LogP contribution in [-0.4, -0.2) is 12.1 Å². The van der Waals surface area contributed by atoms with Crippen LogP contribution < -0.4 is 5.32 Å². The summed E-state index contributed by atoms with van der Waals surface area (Å²) in [6.07, 6.45) is 12.9. The van der Waals surface area contributed by atoms with E-state index in [0.717, 1.165) is 18.0 Å². The summed E-state index contributed by atoms with van der Waals surface area (Å²) in [5, 5.41) is 4.03. The molecule has 17 heavy (non-hydrogen) atoms. The van der Waals surface area contributed by atoms with Crippen molar-refractivity contribution in [1.82, 2.24) is 5.32 Å². The first-order valence-electron chi connectivity index (χ1n) is 7.43. The Balaban J connectivity index is 1.75. The average molecular weight is 233 g/mol. The van der Waals surface area contributed by atoms with Gasteiger partial charge in [-0.2, -0.15) is 0 Å². The first kappa shape index (κ1) is 11.8. The van der Waals surface area contributed by atoms with Gasteiger partial charge < -0.3 is 5.32 Å². The van der Waals surface area contributed by atoms with E-state index in [1.165, 1.54) is 38.5 Å². The molecule has 3 aliphatic carbocycles. The molecule has 2 fully saturated rings. The third-order valence-electron chi connectivity index (χ3n) is 5.94. The Kier molecular flexibility index (Phi) is 2.66. The van der Waals surface area contributed by atoms with Gasteiger partial charge in [0.1, 0.15) is 0 Å². The standard InChI is InChI=1S/C16H27N/c1-15(2)12-9-10-16(3,11-12)14(15)17-13-7-5-4-6-8-13/h4-5,12-14,17H,6-11H2,1-3H3/t12-,13?,14?,16+/m0/s1. The molecule has 0 aromatic carbocycles. The maximum atomic E-state index is 4.03. The van der Waals surface area contributed by atoms with Crippen molar-refractivity contribution in [3.05, 3.63) is 12.2 Å². The quantitative estimate of drug-likeness (QED) is 0.713. The van der Waals surface area contributed by atoms with E-state index in [1.807, 2.05) is 0 Å². The van der Waals surface area contributed by atoms with E-state index in [9.17, 15) is 0 Å². The Morgan fingerprint density at radius 1 is 1.12 bits per heavy atom. The smallest absolute Gasteiger partial charge is 0.0177 e. The zero-order valence-electron chi connectivity index (χ0n) is 11.6. The van der Waals surface area contributed by atoms with E-state index < -0.39 is 0 Å². The number of rotatable bonds is 2. The lowest BCUT2D eigenvalue weighted by Gasteiger charge is -2.45. The molecule has 0 heterocycles. The molecule has 1 nitrogen and oxygen atoms in total. The van der Waals surface area contributed by atoms with Crippen molar-refractivity contribution >= 4 is 0 Å². The number of hydrogen-bond acceptors (Lipinski definition) is 1. The fraction of sp³-hybridized carbons (Fsp3) is 0.875. The molecule has 3 rings (SSSR count). The number of fused-ring (bicyclic) bond motifs is 2. The van der Waals surface area contributed by atoms with E-state index in [2.05, 4.69) is 38.2 Å². The minimum atomic E-state index is 0.508. The maximum absolute atomic E-state index is 4.03. The van der Waals surface area contributed by atoms with Crippen LogP contribution in [0.3, 0.4) is 0 Å². The number of allylic oxidation sites excluding steroid dienone is 1. The van der Waals surface area contributed by atoms with Gasteiger partial charge in [-0.05, 0) is 55.3 Å². The molecule has 2 unspecified atom stereocenters. The average Bonchev–Trinajstić information content (AvgIpc) is 2.77. The van der Waals surface area contributed by atoms with E-state index >= 15 is 0 Å². The second kappa shape index (κ2) is 3.85. The number of hydrogen-bond donors (Lipinski definition) is 1. The van der Waals surface area contributed by atoms with Crippen molar-refractivity contribution < 1.29 is 0 Å². The van der Waals surface area contributed by atoms with Crippen molar-refractivity contribution in [3.63, 3.8) is 0 Å². The molecule has 0 radical (unpaired) electrons. The Hall–Kier alpha value is -0.300. The highest BCUT2D eigenvalue weighted by atomic mass is 15.0. The van der Waals surface area contributed by atoms with E-state index in [4.69, 9.17) is 0 Å². The third kappa shape index (κ3) is 1.78. The predicted molar refractivity (Wildman–Crippen MR) is 72.9 cm³/mol. The van der Waals surface area contributed by atoms with Crippen molar-refractivity contribution in [3.8, 4) is 0 Å². The third-order valence-corrected chi connectivity index (χ3v) is 5.94. The Labute approximate surface area is 106 Å². The summed E-state index contributed by atoms with van der Waals surface area (Å²) in [4.78, 5) is 0. The van der Waals surface area contributed by atoms with Crippen LogP contribution in [0.4, 0.5) is 0 Å². The maximum Gasteiger partial charge on any atom is 0.0177 e. The van der Waals surface area contributed by atoms with Gasteiger partial charge in [0.05, 0.1) is 0 Å². The Bertz CT molecular complexity index is 326. The second-order valence-corrected chi connectivity index (χ2v) is 7.50. The van der Waals surface area contributed by atoms with Crippen LogP contribution >= 0.6 is 0 Å². The summed E-state index contributed by atoms with van der Waals surface area (Å²) >= 11 is 0. The van der Waals surface area contributed by atoms with E-state index in [0.29, 0.717) is 10.8 Å². The van der Waals surface area contributed by atoms with Gasteiger partial charge in [-0.1, -0.05) is 32.9 Å².